The fourth-order valence-corrected chi connectivity index (χ4v) is 3.49. The minimum absolute atomic E-state index is 0.384. The molecular formula is C19H28O2. The highest BCUT2D eigenvalue weighted by Gasteiger charge is 2.20. The highest BCUT2D eigenvalue weighted by molar-refractivity contribution is 5.87. The van der Waals surface area contributed by atoms with E-state index in [0.717, 1.165) is 18.3 Å². The van der Waals surface area contributed by atoms with E-state index in [1.54, 1.807) is 12.1 Å². The normalized spacial score (nSPS) is 22.1. The molecule has 0 amide bonds. The van der Waals surface area contributed by atoms with Gasteiger partial charge in [0.2, 0.25) is 0 Å². The predicted molar refractivity (Wildman–Crippen MR) is 86.7 cm³/mol. The average molecular weight is 288 g/mol. The van der Waals surface area contributed by atoms with E-state index in [0.29, 0.717) is 5.56 Å². The van der Waals surface area contributed by atoms with Gasteiger partial charge in [0.1, 0.15) is 0 Å². The van der Waals surface area contributed by atoms with E-state index < -0.39 is 5.97 Å². The van der Waals surface area contributed by atoms with Gasteiger partial charge in [0.15, 0.2) is 0 Å². The van der Waals surface area contributed by atoms with Crippen molar-refractivity contribution in [3.05, 3.63) is 35.4 Å². The van der Waals surface area contributed by atoms with E-state index in [1.807, 2.05) is 12.1 Å². The first-order chi connectivity index (χ1) is 10.2. The smallest absolute Gasteiger partial charge is 0.335 e. The van der Waals surface area contributed by atoms with Crippen molar-refractivity contribution in [2.45, 2.75) is 64.7 Å². The van der Waals surface area contributed by atoms with Crippen LogP contribution < -0.4 is 0 Å². The van der Waals surface area contributed by atoms with Gasteiger partial charge in [-0.05, 0) is 42.4 Å². The lowest BCUT2D eigenvalue weighted by molar-refractivity contribution is 0.0697. The number of carboxylic acids is 1. The highest BCUT2D eigenvalue weighted by atomic mass is 16.4. The monoisotopic (exact) mass is 288 g/mol. The molecule has 1 aliphatic carbocycles. The standard InChI is InChI=1S/C19H28O2/c1-2-3-4-15-5-7-16(8-6-15)9-10-17-11-13-18(14-12-17)19(20)21/h11-16H,2-10H2,1H3,(H,20,21). The van der Waals surface area contributed by atoms with Crippen LogP contribution in [0.3, 0.4) is 0 Å². The largest absolute Gasteiger partial charge is 0.478 e. The quantitative estimate of drug-likeness (QED) is 0.737. The summed E-state index contributed by atoms with van der Waals surface area (Å²) in [5.41, 5.74) is 1.66. The zero-order chi connectivity index (χ0) is 15.1. The second kappa shape index (κ2) is 8.21. The van der Waals surface area contributed by atoms with Gasteiger partial charge >= 0.3 is 5.97 Å². The summed E-state index contributed by atoms with van der Waals surface area (Å²) in [4.78, 5) is 10.8. The van der Waals surface area contributed by atoms with Crippen LogP contribution in [0, 0.1) is 11.8 Å². The van der Waals surface area contributed by atoms with Gasteiger partial charge in [-0.1, -0.05) is 64.0 Å². The molecule has 21 heavy (non-hydrogen) atoms. The summed E-state index contributed by atoms with van der Waals surface area (Å²) in [5.74, 6) is 1.02. The van der Waals surface area contributed by atoms with Crippen molar-refractivity contribution in [3.63, 3.8) is 0 Å². The van der Waals surface area contributed by atoms with Gasteiger partial charge in [-0.2, -0.15) is 0 Å². The summed E-state index contributed by atoms with van der Waals surface area (Å²) in [7, 11) is 0. The van der Waals surface area contributed by atoms with Crippen molar-refractivity contribution < 1.29 is 9.90 Å². The molecule has 0 unspecified atom stereocenters. The molecule has 1 fully saturated rings. The van der Waals surface area contributed by atoms with Crippen LogP contribution in [0.25, 0.3) is 0 Å². The van der Waals surface area contributed by atoms with Gasteiger partial charge < -0.3 is 5.11 Å². The van der Waals surface area contributed by atoms with Crippen molar-refractivity contribution in [3.8, 4) is 0 Å². The van der Waals surface area contributed by atoms with Crippen LogP contribution in [0.2, 0.25) is 0 Å². The molecule has 0 heterocycles. The van der Waals surface area contributed by atoms with Gasteiger partial charge in [0.25, 0.3) is 0 Å². The molecule has 1 N–H and O–H groups in total. The summed E-state index contributed by atoms with van der Waals surface area (Å²) in [6.45, 7) is 2.28. The lowest BCUT2D eigenvalue weighted by Gasteiger charge is -2.28. The first kappa shape index (κ1) is 16.1. The minimum Gasteiger partial charge on any atom is -0.478 e. The number of benzene rings is 1. The fraction of sp³-hybridized carbons (Fsp3) is 0.632. The van der Waals surface area contributed by atoms with Crippen LogP contribution in [-0.2, 0) is 6.42 Å². The van der Waals surface area contributed by atoms with E-state index >= 15 is 0 Å². The summed E-state index contributed by atoms with van der Waals surface area (Å²) >= 11 is 0. The molecule has 0 aromatic heterocycles. The topological polar surface area (TPSA) is 37.3 Å². The second-order valence-electron chi connectivity index (χ2n) is 6.57. The molecule has 1 saturated carbocycles. The Morgan fingerprint density at radius 1 is 1.05 bits per heavy atom. The van der Waals surface area contributed by atoms with Gasteiger partial charge in [-0.15, -0.1) is 0 Å². The Labute approximate surface area is 128 Å². The van der Waals surface area contributed by atoms with Gasteiger partial charge in [0.05, 0.1) is 5.56 Å². The van der Waals surface area contributed by atoms with Crippen molar-refractivity contribution in [1.82, 2.24) is 0 Å². The number of rotatable bonds is 7. The van der Waals surface area contributed by atoms with E-state index in [4.69, 9.17) is 5.11 Å². The van der Waals surface area contributed by atoms with E-state index in [9.17, 15) is 4.79 Å². The number of aryl methyl sites for hydroxylation is 1. The van der Waals surface area contributed by atoms with Crippen molar-refractivity contribution in [2.75, 3.05) is 0 Å². The van der Waals surface area contributed by atoms with Gasteiger partial charge in [-0.25, -0.2) is 4.79 Å². The van der Waals surface area contributed by atoms with Crippen LogP contribution in [0.1, 0.15) is 74.2 Å². The Bertz CT molecular complexity index is 427. The summed E-state index contributed by atoms with van der Waals surface area (Å²) < 4.78 is 0. The Morgan fingerprint density at radius 3 is 2.14 bits per heavy atom. The number of hydrogen-bond donors (Lipinski definition) is 1. The maximum absolute atomic E-state index is 10.8. The molecule has 2 heteroatoms. The molecule has 2 nitrogen and oxygen atoms in total. The maximum Gasteiger partial charge on any atom is 0.335 e. The average Bonchev–Trinajstić information content (AvgIpc) is 2.52. The highest BCUT2D eigenvalue weighted by Crippen LogP contribution is 2.34. The van der Waals surface area contributed by atoms with Crippen molar-refractivity contribution in [1.29, 1.82) is 0 Å². The molecule has 1 aromatic carbocycles. The fourth-order valence-electron chi connectivity index (χ4n) is 3.49. The lowest BCUT2D eigenvalue weighted by atomic mass is 9.78. The van der Waals surface area contributed by atoms with E-state index in [-0.39, 0.29) is 0 Å². The first-order valence-corrected chi connectivity index (χ1v) is 8.51. The van der Waals surface area contributed by atoms with E-state index in [2.05, 4.69) is 6.92 Å². The van der Waals surface area contributed by atoms with Crippen LogP contribution in [-0.4, -0.2) is 11.1 Å². The molecular weight excluding hydrogens is 260 g/mol. The minimum atomic E-state index is -0.841. The first-order valence-electron chi connectivity index (χ1n) is 8.51. The molecule has 0 aliphatic heterocycles. The molecule has 2 rings (SSSR count). The molecule has 0 atom stereocenters. The number of carbonyl (C=O) groups is 1. The number of unbranched alkanes of at least 4 members (excludes halogenated alkanes) is 1. The maximum atomic E-state index is 10.8. The third-order valence-corrected chi connectivity index (χ3v) is 4.97. The molecule has 0 radical (unpaired) electrons. The third-order valence-electron chi connectivity index (χ3n) is 4.97. The Balaban J connectivity index is 1.70. The summed E-state index contributed by atoms with van der Waals surface area (Å²) in [6.07, 6.45) is 12.1. The lowest BCUT2D eigenvalue weighted by Crippen LogP contribution is -2.15. The van der Waals surface area contributed by atoms with Crippen molar-refractivity contribution >= 4 is 5.97 Å². The number of hydrogen-bond acceptors (Lipinski definition) is 1. The summed E-state index contributed by atoms with van der Waals surface area (Å²) in [6, 6.07) is 7.38. The van der Waals surface area contributed by atoms with Gasteiger partial charge in [-0.3, -0.25) is 0 Å². The predicted octanol–water partition coefficient (Wildman–Crippen LogP) is 5.31. The Hall–Kier alpha value is -1.31. The molecule has 0 saturated heterocycles. The SMILES string of the molecule is CCCCC1CCC(CCc2ccc(C(=O)O)cc2)CC1. The van der Waals surface area contributed by atoms with Gasteiger partial charge in [0, 0.05) is 0 Å². The molecule has 0 bridgehead atoms. The molecule has 1 aliphatic rings. The van der Waals surface area contributed by atoms with Crippen LogP contribution in [0.4, 0.5) is 0 Å². The number of aromatic carboxylic acids is 1. The molecule has 0 spiro atoms. The molecule has 116 valence electrons. The molecule has 1 aromatic rings. The van der Waals surface area contributed by atoms with Crippen LogP contribution in [0.5, 0.6) is 0 Å². The second-order valence-corrected chi connectivity index (χ2v) is 6.57. The number of carboxylic acid groups (broad SMARTS) is 1. The third kappa shape index (κ3) is 5.18. The Morgan fingerprint density at radius 2 is 1.62 bits per heavy atom. The van der Waals surface area contributed by atoms with Crippen LogP contribution in [0.15, 0.2) is 24.3 Å². The van der Waals surface area contributed by atoms with E-state index in [1.165, 1.54) is 56.9 Å². The Kier molecular flexibility index (Phi) is 6.28. The van der Waals surface area contributed by atoms with Crippen LogP contribution >= 0.6 is 0 Å². The van der Waals surface area contributed by atoms with Crippen molar-refractivity contribution in [2.24, 2.45) is 11.8 Å². The zero-order valence-corrected chi connectivity index (χ0v) is 13.2. The summed E-state index contributed by atoms with van der Waals surface area (Å²) in [5, 5.41) is 8.90. The zero-order valence-electron chi connectivity index (χ0n) is 13.2.